The lowest BCUT2D eigenvalue weighted by Crippen LogP contribution is -2.18. The number of fused-ring (bicyclic) bond motifs is 1. The summed E-state index contributed by atoms with van der Waals surface area (Å²) in [6.07, 6.45) is 7.82. The average molecular weight is 493 g/mol. The van der Waals surface area contributed by atoms with Gasteiger partial charge in [0.25, 0.3) is 0 Å². The van der Waals surface area contributed by atoms with E-state index in [4.69, 9.17) is 4.74 Å². The van der Waals surface area contributed by atoms with Crippen LogP contribution in [0.4, 0.5) is 11.4 Å². The van der Waals surface area contributed by atoms with E-state index >= 15 is 0 Å². The number of rotatable bonds is 9. The van der Waals surface area contributed by atoms with E-state index in [0.717, 1.165) is 63.5 Å². The quantitative estimate of drug-likeness (QED) is 0.262. The largest absolute Gasteiger partial charge is 0.491 e. The zero-order valence-corrected chi connectivity index (χ0v) is 21.7. The molecule has 0 aliphatic carbocycles. The highest BCUT2D eigenvalue weighted by atomic mass is 16.5. The van der Waals surface area contributed by atoms with Gasteiger partial charge in [0, 0.05) is 53.0 Å². The summed E-state index contributed by atoms with van der Waals surface area (Å²) in [6.45, 7) is 5.85. The molecule has 3 heterocycles. The van der Waals surface area contributed by atoms with E-state index in [0.29, 0.717) is 0 Å². The van der Waals surface area contributed by atoms with Gasteiger partial charge in [-0.2, -0.15) is 5.10 Å². The zero-order chi connectivity index (χ0) is 25.8. The van der Waals surface area contributed by atoms with E-state index in [1.165, 1.54) is 0 Å². The number of hydrogen-bond acceptors (Lipinski definition) is 6. The second kappa shape index (κ2) is 10.8. The zero-order valence-electron chi connectivity index (χ0n) is 21.7. The molecule has 0 saturated heterocycles. The van der Waals surface area contributed by atoms with Crippen molar-refractivity contribution in [2.45, 2.75) is 26.5 Å². The molecular weight excluding hydrogens is 460 g/mol. The van der Waals surface area contributed by atoms with E-state index in [9.17, 15) is 0 Å². The average Bonchev–Trinajstić information content (AvgIpc) is 3.37. The smallest absolute Gasteiger partial charge is 0.119 e. The Morgan fingerprint density at radius 1 is 0.892 bits per heavy atom. The highest BCUT2D eigenvalue weighted by Gasteiger charge is 2.09. The number of anilines is 2. The van der Waals surface area contributed by atoms with Crippen molar-refractivity contribution in [3.8, 4) is 28.1 Å². The van der Waals surface area contributed by atoms with E-state index in [1.54, 1.807) is 0 Å². The number of likely N-dealkylation sites (N-methyl/N-ethyl adjacent to an activating group) is 1. The second-order valence-corrected chi connectivity index (χ2v) is 9.63. The van der Waals surface area contributed by atoms with Crippen molar-refractivity contribution in [3.63, 3.8) is 0 Å². The van der Waals surface area contributed by atoms with E-state index in [2.05, 4.69) is 69.8 Å². The Hall–Kier alpha value is -4.23. The molecule has 0 bridgehead atoms. The van der Waals surface area contributed by atoms with Crippen LogP contribution in [0.15, 0.2) is 85.5 Å². The molecule has 7 heteroatoms. The van der Waals surface area contributed by atoms with Crippen molar-refractivity contribution >= 4 is 22.3 Å². The second-order valence-electron chi connectivity index (χ2n) is 9.63. The van der Waals surface area contributed by atoms with E-state index in [-0.39, 0.29) is 6.10 Å². The first-order chi connectivity index (χ1) is 17.9. The summed E-state index contributed by atoms with van der Waals surface area (Å²) in [6, 6.07) is 20.4. The molecule has 1 N–H and O–H groups in total. The molecule has 0 radical (unpaired) electrons. The van der Waals surface area contributed by atoms with Crippen LogP contribution >= 0.6 is 0 Å². The summed E-state index contributed by atoms with van der Waals surface area (Å²) in [7, 11) is 4.14. The van der Waals surface area contributed by atoms with Crippen molar-refractivity contribution in [1.29, 1.82) is 0 Å². The summed E-state index contributed by atoms with van der Waals surface area (Å²) in [5.41, 5.74) is 7.01. The maximum absolute atomic E-state index is 5.76. The number of aromatic nitrogens is 4. The van der Waals surface area contributed by atoms with Gasteiger partial charge in [-0.3, -0.25) is 14.6 Å². The predicted octanol–water partition coefficient (Wildman–Crippen LogP) is 6.25. The van der Waals surface area contributed by atoms with Crippen LogP contribution in [0.3, 0.4) is 0 Å². The van der Waals surface area contributed by atoms with Gasteiger partial charge < -0.3 is 15.0 Å². The number of nitrogens with zero attached hydrogens (tertiary/aromatic N) is 5. The van der Waals surface area contributed by atoms with Crippen LogP contribution < -0.4 is 10.1 Å². The molecule has 2 aromatic carbocycles. The van der Waals surface area contributed by atoms with Gasteiger partial charge in [-0.1, -0.05) is 12.1 Å². The molecule has 5 aromatic rings. The van der Waals surface area contributed by atoms with Crippen LogP contribution in [0.1, 0.15) is 13.8 Å². The summed E-state index contributed by atoms with van der Waals surface area (Å²) in [5.74, 6) is 0.858. The molecule has 0 saturated carbocycles. The molecule has 5 rings (SSSR count). The van der Waals surface area contributed by atoms with Crippen LogP contribution in [0.5, 0.6) is 5.75 Å². The lowest BCUT2D eigenvalue weighted by atomic mass is 10.1. The van der Waals surface area contributed by atoms with Crippen molar-refractivity contribution < 1.29 is 4.74 Å². The van der Waals surface area contributed by atoms with Crippen LogP contribution in [0, 0.1) is 0 Å². The summed E-state index contributed by atoms with van der Waals surface area (Å²) in [5, 5.41) is 9.13. The lowest BCUT2D eigenvalue weighted by molar-refractivity contribution is 0.242. The number of benzene rings is 2. The highest BCUT2D eigenvalue weighted by Crippen LogP contribution is 2.30. The van der Waals surface area contributed by atoms with Crippen LogP contribution in [-0.2, 0) is 6.54 Å². The standard InChI is InChI=1S/C30H32N6O/c1-21(2)37-26-8-5-22(6-9-26)29-18-25(11-13-31-29)34-28-12-14-32-30-17-23(7-10-27(28)30)24-19-33-36(20-24)16-15-35(3)4/h5-14,17-21H,15-16H2,1-4H3,(H,31,32,34). The highest BCUT2D eigenvalue weighted by molar-refractivity contribution is 5.95. The monoisotopic (exact) mass is 492 g/mol. The van der Waals surface area contributed by atoms with Crippen LogP contribution in [0.2, 0.25) is 0 Å². The third-order valence-corrected chi connectivity index (χ3v) is 6.05. The van der Waals surface area contributed by atoms with Crippen molar-refractivity contribution in [1.82, 2.24) is 24.6 Å². The summed E-state index contributed by atoms with van der Waals surface area (Å²) >= 11 is 0. The minimum atomic E-state index is 0.147. The third-order valence-electron chi connectivity index (χ3n) is 6.05. The van der Waals surface area contributed by atoms with Crippen molar-refractivity contribution in [3.05, 3.63) is 85.5 Å². The van der Waals surface area contributed by atoms with Gasteiger partial charge in [0.15, 0.2) is 0 Å². The Labute approximate surface area is 217 Å². The number of nitrogens with one attached hydrogen (secondary N) is 1. The molecule has 0 aliphatic heterocycles. The summed E-state index contributed by atoms with van der Waals surface area (Å²) in [4.78, 5) is 11.4. The molecule has 0 amide bonds. The van der Waals surface area contributed by atoms with Gasteiger partial charge in [-0.25, -0.2) is 0 Å². The minimum Gasteiger partial charge on any atom is -0.491 e. The SMILES string of the molecule is CC(C)Oc1ccc(-c2cc(Nc3ccnc4cc(-c5cnn(CCN(C)C)c5)ccc34)ccn2)cc1. The Bertz CT molecular complexity index is 1490. The number of pyridine rings is 2. The van der Waals surface area contributed by atoms with E-state index in [1.807, 2.05) is 73.5 Å². The van der Waals surface area contributed by atoms with Gasteiger partial charge in [0.2, 0.25) is 0 Å². The van der Waals surface area contributed by atoms with Gasteiger partial charge in [-0.05, 0) is 82.0 Å². The van der Waals surface area contributed by atoms with Crippen molar-refractivity contribution in [2.24, 2.45) is 0 Å². The molecule has 188 valence electrons. The third kappa shape index (κ3) is 5.95. The molecule has 7 nitrogen and oxygen atoms in total. The molecular formula is C30H32N6O. The topological polar surface area (TPSA) is 68.1 Å². The summed E-state index contributed by atoms with van der Waals surface area (Å²) < 4.78 is 7.74. The Balaban J connectivity index is 1.36. The van der Waals surface area contributed by atoms with Crippen LogP contribution in [-0.4, -0.2) is 51.4 Å². The van der Waals surface area contributed by atoms with Crippen LogP contribution in [0.25, 0.3) is 33.3 Å². The molecule has 0 spiro atoms. The van der Waals surface area contributed by atoms with Gasteiger partial charge in [0.05, 0.1) is 30.1 Å². The molecule has 0 atom stereocenters. The Morgan fingerprint density at radius 2 is 1.68 bits per heavy atom. The fourth-order valence-electron chi connectivity index (χ4n) is 4.17. The fourth-order valence-corrected chi connectivity index (χ4v) is 4.17. The van der Waals surface area contributed by atoms with Gasteiger partial charge >= 0.3 is 0 Å². The Morgan fingerprint density at radius 3 is 2.46 bits per heavy atom. The fraction of sp³-hybridized carbons (Fsp3) is 0.233. The van der Waals surface area contributed by atoms with Gasteiger partial charge in [-0.15, -0.1) is 0 Å². The molecule has 0 aliphatic rings. The molecule has 0 unspecified atom stereocenters. The maximum Gasteiger partial charge on any atom is 0.119 e. The molecule has 37 heavy (non-hydrogen) atoms. The lowest BCUT2D eigenvalue weighted by Gasteiger charge is -2.12. The number of hydrogen-bond donors (Lipinski definition) is 1. The Kier molecular flexibility index (Phi) is 7.14. The van der Waals surface area contributed by atoms with Gasteiger partial charge in [0.1, 0.15) is 5.75 Å². The van der Waals surface area contributed by atoms with Crippen molar-refractivity contribution in [2.75, 3.05) is 26.0 Å². The first-order valence-corrected chi connectivity index (χ1v) is 12.5. The van der Waals surface area contributed by atoms with E-state index < -0.39 is 0 Å². The molecule has 0 fully saturated rings. The molecule has 3 aromatic heterocycles. The maximum atomic E-state index is 5.76. The first-order valence-electron chi connectivity index (χ1n) is 12.5. The predicted molar refractivity (Wildman–Crippen MR) is 150 cm³/mol. The first kappa shape index (κ1) is 24.5. The number of ether oxygens (including phenoxy) is 1. The minimum absolute atomic E-state index is 0.147. The normalized spacial score (nSPS) is 11.4.